The second-order valence-corrected chi connectivity index (χ2v) is 7.78. The Morgan fingerprint density at radius 2 is 1.92 bits per heavy atom. The highest BCUT2D eigenvalue weighted by molar-refractivity contribution is 6.42. The molecule has 25 heavy (non-hydrogen) atoms. The Hall–Kier alpha value is -1.65. The molecule has 0 bridgehead atoms. The molecule has 1 aliphatic heterocycles. The van der Waals surface area contributed by atoms with Gasteiger partial charge in [-0.3, -0.25) is 4.99 Å². The number of fused-ring (bicyclic) bond motifs is 1. The lowest BCUT2D eigenvalue weighted by molar-refractivity contribution is 0.277. The topological polar surface area (TPSA) is 50.2 Å². The number of amidine groups is 1. The molecule has 6 heteroatoms. The van der Waals surface area contributed by atoms with E-state index >= 15 is 0 Å². The van der Waals surface area contributed by atoms with Crippen molar-refractivity contribution < 1.29 is 0 Å². The largest absolute Gasteiger partial charge is 0.327 e. The fraction of sp³-hybridized carbons (Fsp3) is 0.421. The highest BCUT2D eigenvalue weighted by Crippen LogP contribution is 2.44. The molecule has 0 radical (unpaired) electrons. The average molecular weight is 375 g/mol. The first-order valence-electron chi connectivity index (χ1n) is 8.73. The van der Waals surface area contributed by atoms with Gasteiger partial charge in [0, 0.05) is 5.41 Å². The van der Waals surface area contributed by atoms with Crippen LogP contribution in [-0.4, -0.2) is 16.0 Å². The van der Waals surface area contributed by atoms with Crippen LogP contribution < -0.4 is 5.32 Å². The van der Waals surface area contributed by atoms with Gasteiger partial charge in [-0.25, -0.2) is 0 Å². The van der Waals surface area contributed by atoms with Crippen LogP contribution in [0.2, 0.25) is 10.0 Å². The zero-order chi connectivity index (χ0) is 17.3. The average Bonchev–Trinajstić information content (AvgIpc) is 2.63. The van der Waals surface area contributed by atoms with Crippen molar-refractivity contribution in [1.82, 2.24) is 10.2 Å². The molecule has 2 aromatic rings. The number of nitrogens with one attached hydrogen (secondary N) is 1. The van der Waals surface area contributed by atoms with Crippen molar-refractivity contribution >= 4 is 34.9 Å². The molecule has 130 valence electrons. The van der Waals surface area contributed by atoms with Gasteiger partial charge in [-0.05, 0) is 48.6 Å². The molecule has 2 heterocycles. The summed E-state index contributed by atoms with van der Waals surface area (Å²) in [6.07, 6.45) is 8.91. The first kappa shape index (κ1) is 16.8. The Morgan fingerprint density at radius 1 is 1.08 bits per heavy atom. The van der Waals surface area contributed by atoms with Crippen molar-refractivity contribution in [3.63, 3.8) is 0 Å². The van der Waals surface area contributed by atoms with Gasteiger partial charge >= 0.3 is 0 Å². The van der Waals surface area contributed by atoms with Crippen molar-refractivity contribution in [1.29, 1.82) is 0 Å². The molecule has 2 aliphatic rings. The van der Waals surface area contributed by atoms with Gasteiger partial charge in [-0.2, -0.15) is 5.10 Å². The number of hydrogen-bond donors (Lipinski definition) is 1. The second-order valence-electron chi connectivity index (χ2n) is 6.96. The van der Waals surface area contributed by atoms with E-state index in [1.54, 1.807) is 6.20 Å². The zero-order valence-electron chi connectivity index (χ0n) is 13.9. The summed E-state index contributed by atoms with van der Waals surface area (Å²) in [5, 5.41) is 12.9. The predicted molar refractivity (Wildman–Crippen MR) is 102 cm³/mol. The Labute approximate surface area is 157 Å². The molecular formula is C19H20Cl2N4. The second kappa shape index (κ2) is 6.93. The minimum atomic E-state index is 0.102. The van der Waals surface area contributed by atoms with Gasteiger partial charge in [0.1, 0.15) is 5.84 Å². The van der Waals surface area contributed by atoms with Crippen LogP contribution in [0.5, 0.6) is 0 Å². The van der Waals surface area contributed by atoms with E-state index in [0.29, 0.717) is 16.6 Å². The number of aliphatic imine (C=N–C) groups is 1. The molecule has 1 aliphatic carbocycles. The van der Waals surface area contributed by atoms with Crippen molar-refractivity contribution in [3.05, 3.63) is 51.6 Å². The molecule has 1 spiro atoms. The number of anilines is 1. The van der Waals surface area contributed by atoms with E-state index in [4.69, 9.17) is 28.2 Å². The monoisotopic (exact) mass is 374 g/mol. The molecule has 1 N–H and O–H groups in total. The maximum Gasteiger partial charge on any atom is 0.157 e. The molecular weight excluding hydrogens is 355 g/mol. The van der Waals surface area contributed by atoms with Crippen LogP contribution in [-0.2, 0) is 13.0 Å². The summed E-state index contributed by atoms with van der Waals surface area (Å²) in [5.74, 6) is 1.89. The highest BCUT2D eigenvalue weighted by atomic mass is 35.5. The smallest absolute Gasteiger partial charge is 0.157 e. The van der Waals surface area contributed by atoms with Crippen LogP contribution in [0, 0.1) is 5.41 Å². The third-order valence-corrected chi connectivity index (χ3v) is 6.03. The first-order chi connectivity index (χ1) is 12.2. The normalized spacial score (nSPS) is 20.3. The molecule has 4 nitrogen and oxygen atoms in total. The van der Waals surface area contributed by atoms with Crippen molar-refractivity contribution in [2.45, 2.75) is 45.1 Å². The summed E-state index contributed by atoms with van der Waals surface area (Å²) in [6, 6.07) is 7.76. The maximum absolute atomic E-state index is 6.13. The lowest BCUT2D eigenvalue weighted by Gasteiger charge is -2.42. The quantitative estimate of drug-likeness (QED) is 0.775. The Morgan fingerprint density at radius 3 is 2.72 bits per heavy atom. The minimum absolute atomic E-state index is 0.102. The van der Waals surface area contributed by atoms with Crippen LogP contribution in [0.4, 0.5) is 5.82 Å². The Bertz CT molecular complexity index is 813. The summed E-state index contributed by atoms with van der Waals surface area (Å²) in [4.78, 5) is 4.94. The molecule has 1 aromatic carbocycles. The molecule has 1 aromatic heterocycles. The molecule has 0 saturated heterocycles. The summed E-state index contributed by atoms with van der Waals surface area (Å²) in [5.41, 5.74) is 2.40. The fourth-order valence-electron chi connectivity index (χ4n) is 3.96. The Balaban J connectivity index is 1.66. The van der Waals surface area contributed by atoms with Gasteiger partial charge in [-0.1, -0.05) is 48.5 Å². The van der Waals surface area contributed by atoms with E-state index in [0.717, 1.165) is 23.6 Å². The van der Waals surface area contributed by atoms with E-state index < -0.39 is 0 Å². The number of benzene rings is 1. The lowest BCUT2D eigenvalue weighted by atomic mass is 9.68. The first-order valence-corrected chi connectivity index (χ1v) is 9.48. The van der Waals surface area contributed by atoms with Crippen LogP contribution in [0.15, 0.2) is 35.5 Å². The van der Waals surface area contributed by atoms with E-state index in [1.807, 2.05) is 18.2 Å². The summed E-state index contributed by atoms with van der Waals surface area (Å²) < 4.78 is 0. The molecule has 0 atom stereocenters. The Kier molecular flexibility index (Phi) is 4.65. The van der Waals surface area contributed by atoms with E-state index in [-0.39, 0.29) is 5.41 Å². The number of nitrogens with zero attached hydrogens (tertiary/aromatic N) is 3. The van der Waals surface area contributed by atoms with Gasteiger partial charge in [-0.15, -0.1) is 5.10 Å². The standard InChI is InChI=1S/C19H20Cl2N4/c20-15-5-4-13(10-16(15)21)12-22-18-19(7-2-1-3-8-19)11-14-6-9-23-25-17(14)24-18/h4-6,9-10H,1-3,7-8,11-12H2,(H,22,24,25). The van der Waals surface area contributed by atoms with E-state index in [1.165, 1.54) is 37.7 Å². The summed E-state index contributed by atoms with van der Waals surface area (Å²) in [7, 11) is 0. The SMILES string of the molecule is Clc1ccc(CN=C2Nc3nnccc3CC23CCCCC3)cc1Cl. The van der Waals surface area contributed by atoms with Crippen LogP contribution in [0.25, 0.3) is 0 Å². The lowest BCUT2D eigenvalue weighted by Crippen LogP contribution is -2.44. The molecule has 0 unspecified atom stereocenters. The van der Waals surface area contributed by atoms with Crippen molar-refractivity contribution in [3.8, 4) is 0 Å². The van der Waals surface area contributed by atoms with E-state index in [2.05, 4.69) is 21.6 Å². The number of hydrogen-bond acceptors (Lipinski definition) is 3. The summed E-state index contributed by atoms with van der Waals surface area (Å²) in [6.45, 7) is 0.580. The van der Waals surface area contributed by atoms with Crippen LogP contribution >= 0.6 is 23.2 Å². The molecule has 1 fully saturated rings. The van der Waals surface area contributed by atoms with Gasteiger partial charge < -0.3 is 5.32 Å². The molecule has 4 rings (SSSR count). The highest BCUT2D eigenvalue weighted by Gasteiger charge is 2.41. The number of halogens is 2. The molecule has 1 saturated carbocycles. The third-order valence-electron chi connectivity index (χ3n) is 5.29. The predicted octanol–water partition coefficient (Wildman–Crippen LogP) is 5.30. The van der Waals surface area contributed by atoms with Crippen molar-refractivity contribution in [2.24, 2.45) is 10.4 Å². The minimum Gasteiger partial charge on any atom is -0.327 e. The van der Waals surface area contributed by atoms with Gasteiger partial charge in [0.15, 0.2) is 5.82 Å². The van der Waals surface area contributed by atoms with Gasteiger partial charge in [0.25, 0.3) is 0 Å². The fourth-order valence-corrected chi connectivity index (χ4v) is 4.28. The van der Waals surface area contributed by atoms with Crippen molar-refractivity contribution in [2.75, 3.05) is 5.32 Å². The van der Waals surface area contributed by atoms with Crippen LogP contribution in [0.3, 0.4) is 0 Å². The van der Waals surface area contributed by atoms with Gasteiger partial charge in [0.2, 0.25) is 0 Å². The zero-order valence-corrected chi connectivity index (χ0v) is 15.4. The maximum atomic E-state index is 6.13. The number of rotatable bonds is 2. The third kappa shape index (κ3) is 3.38. The number of aromatic nitrogens is 2. The molecule has 0 amide bonds. The van der Waals surface area contributed by atoms with Crippen LogP contribution in [0.1, 0.15) is 43.2 Å². The summed E-state index contributed by atoms with van der Waals surface area (Å²) >= 11 is 12.1. The van der Waals surface area contributed by atoms with E-state index in [9.17, 15) is 0 Å². The van der Waals surface area contributed by atoms with Gasteiger partial charge in [0.05, 0.1) is 22.8 Å².